The van der Waals surface area contributed by atoms with Crippen LogP contribution in [0.3, 0.4) is 0 Å². The number of alkyl halides is 2. The molecule has 0 spiro atoms. The molecule has 0 radical (unpaired) electrons. The highest BCUT2D eigenvalue weighted by Crippen LogP contribution is 2.17. The van der Waals surface area contributed by atoms with Crippen molar-refractivity contribution in [1.82, 2.24) is 5.32 Å². The fourth-order valence-corrected chi connectivity index (χ4v) is 3.15. The zero-order valence-corrected chi connectivity index (χ0v) is 15.3. The first kappa shape index (κ1) is 22.2. The Balaban J connectivity index is 0.00000484. The van der Waals surface area contributed by atoms with E-state index < -0.39 is 34.8 Å². The second kappa shape index (κ2) is 9.51. The van der Waals surface area contributed by atoms with Crippen molar-refractivity contribution >= 4 is 44.1 Å². The molecule has 23 heavy (non-hydrogen) atoms. The molecular weight excluding hydrogens is 418 g/mol. The third kappa shape index (κ3) is 8.05. The van der Waals surface area contributed by atoms with Gasteiger partial charge >= 0.3 is 0 Å². The summed E-state index contributed by atoms with van der Waals surface area (Å²) in [6.07, 6.45) is -0.0885. The second-order valence-corrected chi connectivity index (χ2v) is 7.74. The predicted octanol–water partition coefficient (Wildman–Crippen LogP) is 2.14. The molecule has 1 rings (SSSR count). The van der Waals surface area contributed by atoms with E-state index in [-0.39, 0.29) is 35.9 Å². The fraction of sp³-hybridized carbons (Fsp3) is 0.462. The predicted molar refractivity (Wildman–Crippen MR) is 89.7 cm³/mol. The SMILES string of the molecule is Cl.NCC(F)(F)CNC(=O)CCCS(=O)(=O)c1ccc(Br)cc1. The van der Waals surface area contributed by atoms with Crippen molar-refractivity contribution < 1.29 is 22.0 Å². The first-order chi connectivity index (χ1) is 10.2. The van der Waals surface area contributed by atoms with Crippen molar-refractivity contribution in [1.29, 1.82) is 0 Å². The van der Waals surface area contributed by atoms with E-state index in [1.807, 2.05) is 5.32 Å². The average molecular weight is 436 g/mol. The first-order valence-electron chi connectivity index (χ1n) is 6.49. The fourth-order valence-electron chi connectivity index (χ4n) is 1.57. The third-order valence-corrected chi connectivity index (χ3v) is 5.18. The number of hydrogen-bond acceptors (Lipinski definition) is 4. The Hall–Kier alpha value is -0.770. The molecule has 0 bridgehead atoms. The second-order valence-electron chi connectivity index (χ2n) is 4.71. The van der Waals surface area contributed by atoms with Crippen LogP contribution < -0.4 is 11.1 Å². The maximum Gasteiger partial charge on any atom is 0.277 e. The van der Waals surface area contributed by atoms with Gasteiger partial charge in [-0.15, -0.1) is 12.4 Å². The lowest BCUT2D eigenvalue weighted by Gasteiger charge is -2.14. The van der Waals surface area contributed by atoms with Crippen molar-refractivity contribution in [3.8, 4) is 0 Å². The van der Waals surface area contributed by atoms with Crippen LogP contribution in [-0.4, -0.2) is 39.1 Å². The van der Waals surface area contributed by atoms with Crippen molar-refractivity contribution in [2.45, 2.75) is 23.7 Å². The maximum atomic E-state index is 12.8. The van der Waals surface area contributed by atoms with Crippen LogP contribution in [0.25, 0.3) is 0 Å². The number of nitrogens with two attached hydrogens (primary N) is 1. The van der Waals surface area contributed by atoms with Crippen LogP contribution >= 0.6 is 28.3 Å². The zero-order valence-electron chi connectivity index (χ0n) is 12.1. The molecule has 0 aliphatic carbocycles. The maximum absolute atomic E-state index is 12.8. The lowest BCUT2D eigenvalue weighted by atomic mass is 10.3. The van der Waals surface area contributed by atoms with Crippen LogP contribution in [0, 0.1) is 0 Å². The third-order valence-electron chi connectivity index (χ3n) is 2.83. The molecule has 0 atom stereocenters. The average Bonchev–Trinajstić information content (AvgIpc) is 2.45. The summed E-state index contributed by atoms with van der Waals surface area (Å²) in [6, 6.07) is 6.13. The van der Waals surface area contributed by atoms with Gasteiger partial charge in [0, 0.05) is 10.9 Å². The molecule has 10 heteroatoms. The van der Waals surface area contributed by atoms with E-state index in [1.54, 1.807) is 12.1 Å². The Morgan fingerprint density at radius 3 is 2.35 bits per heavy atom. The van der Waals surface area contributed by atoms with E-state index in [2.05, 4.69) is 15.9 Å². The molecule has 0 heterocycles. The topological polar surface area (TPSA) is 89.3 Å². The minimum absolute atomic E-state index is 0. The minimum atomic E-state index is -3.49. The van der Waals surface area contributed by atoms with E-state index >= 15 is 0 Å². The summed E-state index contributed by atoms with van der Waals surface area (Å²) in [5.74, 6) is -4.01. The lowest BCUT2D eigenvalue weighted by molar-refractivity contribution is -0.122. The van der Waals surface area contributed by atoms with Gasteiger partial charge in [0.1, 0.15) is 0 Å². The largest absolute Gasteiger partial charge is 0.350 e. The molecule has 1 aromatic carbocycles. The van der Waals surface area contributed by atoms with Crippen molar-refractivity contribution in [3.63, 3.8) is 0 Å². The van der Waals surface area contributed by atoms with E-state index in [4.69, 9.17) is 5.73 Å². The highest BCUT2D eigenvalue weighted by Gasteiger charge is 2.27. The summed E-state index contributed by atoms with van der Waals surface area (Å²) in [5.41, 5.74) is 4.84. The van der Waals surface area contributed by atoms with E-state index in [1.165, 1.54) is 12.1 Å². The van der Waals surface area contributed by atoms with Gasteiger partial charge in [-0.05, 0) is 30.7 Å². The van der Waals surface area contributed by atoms with Gasteiger partial charge in [0.2, 0.25) is 5.91 Å². The Morgan fingerprint density at radius 1 is 1.26 bits per heavy atom. The molecule has 3 N–H and O–H groups in total. The standard InChI is InChI=1S/C13H17BrF2N2O3S.ClH/c14-10-3-5-11(6-4-10)22(20,21)7-1-2-12(19)18-9-13(15,16)8-17;/h3-6H,1-2,7-9,17H2,(H,18,19);1H. The first-order valence-corrected chi connectivity index (χ1v) is 8.94. The van der Waals surface area contributed by atoms with Crippen LogP contribution in [0.2, 0.25) is 0 Å². The molecule has 0 unspecified atom stereocenters. The smallest absolute Gasteiger partial charge is 0.277 e. The number of amides is 1. The number of hydrogen-bond donors (Lipinski definition) is 2. The van der Waals surface area contributed by atoms with Crippen molar-refractivity contribution in [2.75, 3.05) is 18.8 Å². The number of carbonyl (C=O) groups is 1. The van der Waals surface area contributed by atoms with Crippen LogP contribution in [0.15, 0.2) is 33.6 Å². The molecular formula is C13H18BrClF2N2O3S. The molecule has 1 aromatic rings. The van der Waals surface area contributed by atoms with Crippen LogP contribution in [0.5, 0.6) is 0 Å². The minimum Gasteiger partial charge on any atom is -0.350 e. The molecule has 0 aromatic heterocycles. The van der Waals surface area contributed by atoms with Crippen LogP contribution in [0.1, 0.15) is 12.8 Å². The summed E-state index contributed by atoms with van der Waals surface area (Å²) >= 11 is 3.21. The van der Waals surface area contributed by atoms with Gasteiger partial charge in [-0.3, -0.25) is 4.79 Å². The van der Waals surface area contributed by atoms with Gasteiger partial charge in [0.25, 0.3) is 5.92 Å². The molecule has 0 saturated carbocycles. The number of carbonyl (C=O) groups excluding carboxylic acids is 1. The van der Waals surface area contributed by atoms with Gasteiger partial charge in [-0.1, -0.05) is 15.9 Å². The van der Waals surface area contributed by atoms with Crippen molar-refractivity contribution in [2.24, 2.45) is 5.73 Å². The molecule has 0 aliphatic rings. The Morgan fingerprint density at radius 2 is 1.83 bits per heavy atom. The molecule has 5 nitrogen and oxygen atoms in total. The van der Waals surface area contributed by atoms with Gasteiger partial charge in [-0.25, -0.2) is 17.2 Å². The summed E-state index contributed by atoms with van der Waals surface area (Å²) in [6.45, 7) is -1.70. The number of nitrogens with one attached hydrogen (secondary N) is 1. The number of halogens is 4. The lowest BCUT2D eigenvalue weighted by Crippen LogP contribution is -2.41. The molecule has 1 amide bonds. The molecule has 132 valence electrons. The monoisotopic (exact) mass is 434 g/mol. The Kier molecular flexibility index (Phi) is 9.19. The summed E-state index contributed by atoms with van der Waals surface area (Å²) in [7, 11) is -3.49. The number of sulfone groups is 1. The summed E-state index contributed by atoms with van der Waals surface area (Å²) in [5, 5.41) is 2.04. The molecule has 0 saturated heterocycles. The van der Waals surface area contributed by atoms with Crippen LogP contribution in [0.4, 0.5) is 8.78 Å². The van der Waals surface area contributed by atoms with Crippen LogP contribution in [-0.2, 0) is 14.6 Å². The zero-order chi connectivity index (χ0) is 16.8. The highest BCUT2D eigenvalue weighted by atomic mass is 79.9. The number of rotatable bonds is 8. The normalized spacial score (nSPS) is 11.7. The van der Waals surface area contributed by atoms with Gasteiger partial charge < -0.3 is 11.1 Å². The molecule has 0 fully saturated rings. The van der Waals surface area contributed by atoms with E-state index in [0.717, 1.165) is 4.47 Å². The van der Waals surface area contributed by atoms with E-state index in [0.29, 0.717) is 0 Å². The quantitative estimate of drug-likeness (QED) is 0.655. The van der Waals surface area contributed by atoms with Gasteiger partial charge in [-0.2, -0.15) is 0 Å². The van der Waals surface area contributed by atoms with Gasteiger partial charge in [0.15, 0.2) is 9.84 Å². The number of benzene rings is 1. The van der Waals surface area contributed by atoms with E-state index in [9.17, 15) is 22.0 Å². The summed E-state index contributed by atoms with van der Waals surface area (Å²) < 4.78 is 50.4. The van der Waals surface area contributed by atoms with Gasteiger partial charge in [0.05, 0.1) is 23.7 Å². The Labute approximate surface area is 148 Å². The summed E-state index contributed by atoms with van der Waals surface area (Å²) in [4.78, 5) is 11.5. The molecule has 0 aliphatic heterocycles. The highest BCUT2D eigenvalue weighted by molar-refractivity contribution is 9.10. The Bertz CT molecular complexity index is 612. The van der Waals surface area contributed by atoms with Crippen molar-refractivity contribution in [3.05, 3.63) is 28.7 Å².